The van der Waals surface area contributed by atoms with Crippen molar-refractivity contribution in [2.45, 2.75) is 26.5 Å². The number of benzene rings is 2. The topological polar surface area (TPSA) is 64.6 Å². The maximum absolute atomic E-state index is 12.0. The van der Waals surface area contributed by atoms with Gasteiger partial charge in [0.15, 0.2) is 0 Å². The van der Waals surface area contributed by atoms with Crippen molar-refractivity contribution in [2.75, 3.05) is 25.5 Å². The molecule has 5 nitrogen and oxygen atoms in total. The van der Waals surface area contributed by atoms with Crippen LogP contribution in [-0.4, -0.2) is 31.8 Å². The number of carbonyl (C=O) groups excluding carboxylic acids is 1. The zero-order valence-electron chi connectivity index (χ0n) is 15.3. The Kier molecular flexibility index (Phi) is 6.42. The van der Waals surface area contributed by atoms with Gasteiger partial charge >= 0.3 is 6.03 Å². The van der Waals surface area contributed by atoms with E-state index in [1.165, 1.54) is 5.56 Å². The minimum absolute atomic E-state index is 0.172. The molecule has 0 aliphatic heterocycles. The molecule has 0 aromatic heterocycles. The van der Waals surface area contributed by atoms with Crippen molar-refractivity contribution in [1.82, 2.24) is 10.6 Å². The molecule has 0 radical (unpaired) electrons. The summed E-state index contributed by atoms with van der Waals surface area (Å²) in [5.74, 6) is 0. The maximum atomic E-state index is 12.0. The number of hydrogen-bond acceptors (Lipinski definition) is 3. The van der Waals surface area contributed by atoms with Gasteiger partial charge in [-0.15, -0.1) is 0 Å². The summed E-state index contributed by atoms with van der Waals surface area (Å²) in [7, 11) is 3.97. The maximum Gasteiger partial charge on any atom is 0.315 e. The van der Waals surface area contributed by atoms with E-state index in [9.17, 15) is 9.90 Å². The Hall–Kier alpha value is -2.53. The smallest absolute Gasteiger partial charge is 0.315 e. The Bertz CT molecular complexity index is 729. The minimum atomic E-state index is -0.719. The molecule has 1 atom stereocenters. The van der Waals surface area contributed by atoms with Gasteiger partial charge in [-0.2, -0.15) is 0 Å². The molecule has 1 unspecified atom stereocenters. The third kappa shape index (κ3) is 5.22. The standard InChI is InChI=1S/C20H27N3O2/c1-14-9-10-16(18(11-14)23(3)4)12-21-20(25)22-13-19(24)17-8-6-5-7-15(17)2/h5-11,19,24H,12-13H2,1-4H3,(H2,21,22,25). The van der Waals surface area contributed by atoms with Crippen LogP contribution in [0.4, 0.5) is 10.5 Å². The van der Waals surface area contributed by atoms with Gasteiger partial charge in [0.1, 0.15) is 0 Å². The summed E-state index contributed by atoms with van der Waals surface area (Å²) < 4.78 is 0. The molecular formula is C20H27N3O2. The van der Waals surface area contributed by atoms with E-state index >= 15 is 0 Å². The van der Waals surface area contributed by atoms with Gasteiger partial charge in [-0.05, 0) is 42.2 Å². The van der Waals surface area contributed by atoms with E-state index in [1.807, 2.05) is 69.2 Å². The van der Waals surface area contributed by atoms with Gasteiger partial charge in [0.2, 0.25) is 0 Å². The molecule has 2 rings (SSSR count). The third-order valence-electron chi connectivity index (χ3n) is 4.17. The Morgan fingerprint density at radius 2 is 1.84 bits per heavy atom. The van der Waals surface area contributed by atoms with Gasteiger partial charge in [0.05, 0.1) is 6.10 Å². The number of carbonyl (C=O) groups is 1. The van der Waals surface area contributed by atoms with Crippen LogP contribution in [0.2, 0.25) is 0 Å². The van der Waals surface area contributed by atoms with E-state index in [-0.39, 0.29) is 12.6 Å². The van der Waals surface area contributed by atoms with Crippen LogP contribution in [0.15, 0.2) is 42.5 Å². The van der Waals surface area contributed by atoms with Crippen LogP contribution in [0.5, 0.6) is 0 Å². The highest BCUT2D eigenvalue weighted by Crippen LogP contribution is 2.20. The highest BCUT2D eigenvalue weighted by Gasteiger charge is 2.12. The number of rotatable bonds is 6. The Morgan fingerprint density at radius 3 is 2.52 bits per heavy atom. The lowest BCUT2D eigenvalue weighted by Gasteiger charge is -2.19. The molecule has 0 saturated carbocycles. The van der Waals surface area contributed by atoms with Crippen LogP contribution in [0.1, 0.15) is 28.4 Å². The quantitative estimate of drug-likeness (QED) is 0.757. The predicted molar refractivity (Wildman–Crippen MR) is 102 cm³/mol. The van der Waals surface area contributed by atoms with Crippen LogP contribution < -0.4 is 15.5 Å². The Labute approximate surface area is 149 Å². The number of amides is 2. The average Bonchev–Trinajstić information content (AvgIpc) is 2.58. The fourth-order valence-electron chi connectivity index (χ4n) is 2.74. The summed E-state index contributed by atoms with van der Waals surface area (Å²) in [6, 6.07) is 13.5. The largest absolute Gasteiger partial charge is 0.387 e. The molecule has 0 bridgehead atoms. The molecule has 2 aromatic rings. The molecule has 134 valence electrons. The first-order chi connectivity index (χ1) is 11.9. The summed E-state index contributed by atoms with van der Waals surface area (Å²) in [5.41, 5.74) is 5.15. The van der Waals surface area contributed by atoms with Crippen molar-refractivity contribution in [3.8, 4) is 0 Å². The number of nitrogens with one attached hydrogen (secondary N) is 2. The fourth-order valence-corrected chi connectivity index (χ4v) is 2.74. The highest BCUT2D eigenvalue weighted by atomic mass is 16.3. The molecule has 2 amide bonds. The third-order valence-corrected chi connectivity index (χ3v) is 4.17. The first-order valence-corrected chi connectivity index (χ1v) is 8.40. The number of anilines is 1. The highest BCUT2D eigenvalue weighted by molar-refractivity contribution is 5.74. The van der Waals surface area contributed by atoms with E-state index in [2.05, 4.69) is 16.7 Å². The van der Waals surface area contributed by atoms with Gasteiger partial charge < -0.3 is 20.6 Å². The first kappa shape index (κ1) is 18.8. The molecule has 0 saturated heterocycles. The van der Waals surface area contributed by atoms with Crippen LogP contribution in [-0.2, 0) is 6.54 Å². The minimum Gasteiger partial charge on any atom is -0.387 e. The zero-order chi connectivity index (χ0) is 18.4. The summed E-state index contributed by atoms with van der Waals surface area (Å²) in [6.45, 7) is 4.59. The monoisotopic (exact) mass is 341 g/mol. The second-order valence-corrected chi connectivity index (χ2v) is 6.46. The molecule has 0 aliphatic carbocycles. The molecule has 0 aliphatic rings. The van der Waals surface area contributed by atoms with E-state index < -0.39 is 6.10 Å². The molecule has 0 fully saturated rings. The van der Waals surface area contributed by atoms with Gasteiger partial charge in [-0.25, -0.2) is 4.79 Å². The van der Waals surface area contributed by atoms with Crippen LogP contribution >= 0.6 is 0 Å². The van der Waals surface area contributed by atoms with Crippen LogP contribution in [0, 0.1) is 13.8 Å². The number of aryl methyl sites for hydroxylation is 2. The van der Waals surface area contributed by atoms with Crippen molar-refractivity contribution in [3.05, 3.63) is 64.7 Å². The van der Waals surface area contributed by atoms with Crippen LogP contribution in [0.3, 0.4) is 0 Å². The fraction of sp³-hybridized carbons (Fsp3) is 0.350. The van der Waals surface area contributed by atoms with Gasteiger partial charge in [0, 0.05) is 32.9 Å². The van der Waals surface area contributed by atoms with Gasteiger partial charge in [0.25, 0.3) is 0 Å². The van der Waals surface area contributed by atoms with Crippen molar-refractivity contribution in [3.63, 3.8) is 0 Å². The molecule has 25 heavy (non-hydrogen) atoms. The average molecular weight is 341 g/mol. The number of aliphatic hydroxyl groups is 1. The molecule has 5 heteroatoms. The number of hydrogen-bond donors (Lipinski definition) is 3. The zero-order valence-corrected chi connectivity index (χ0v) is 15.3. The molecule has 2 aromatic carbocycles. The van der Waals surface area contributed by atoms with Crippen molar-refractivity contribution < 1.29 is 9.90 Å². The van der Waals surface area contributed by atoms with E-state index in [0.717, 1.165) is 22.4 Å². The van der Waals surface area contributed by atoms with Crippen molar-refractivity contribution in [2.24, 2.45) is 0 Å². The summed E-state index contributed by atoms with van der Waals surface area (Å²) >= 11 is 0. The van der Waals surface area contributed by atoms with E-state index in [0.29, 0.717) is 6.54 Å². The summed E-state index contributed by atoms with van der Waals surface area (Å²) in [6.07, 6.45) is -0.719. The summed E-state index contributed by atoms with van der Waals surface area (Å²) in [4.78, 5) is 14.1. The van der Waals surface area contributed by atoms with Crippen molar-refractivity contribution >= 4 is 11.7 Å². The van der Waals surface area contributed by atoms with Gasteiger partial charge in [-0.1, -0.05) is 36.4 Å². The lowest BCUT2D eigenvalue weighted by atomic mass is 10.0. The second kappa shape index (κ2) is 8.53. The predicted octanol–water partition coefficient (Wildman–Crippen LogP) is 2.90. The lowest BCUT2D eigenvalue weighted by Crippen LogP contribution is -2.37. The van der Waals surface area contributed by atoms with E-state index in [1.54, 1.807) is 0 Å². The van der Waals surface area contributed by atoms with Crippen molar-refractivity contribution in [1.29, 1.82) is 0 Å². The number of nitrogens with zero attached hydrogens (tertiary/aromatic N) is 1. The van der Waals surface area contributed by atoms with Gasteiger partial charge in [-0.3, -0.25) is 0 Å². The number of aliphatic hydroxyl groups excluding tert-OH is 1. The van der Waals surface area contributed by atoms with Crippen LogP contribution in [0.25, 0.3) is 0 Å². The second-order valence-electron chi connectivity index (χ2n) is 6.46. The molecule has 0 spiro atoms. The molecule has 3 N–H and O–H groups in total. The normalized spacial score (nSPS) is 11.7. The summed E-state index contributed by atoms with van der Waals surface area (Å²) in [5, 5.41) is 15.8. The molecular weight excluding hydrogens is 314 g/mol. The van der Waals surface area contributed by atoms with E-state index in [4.69, 9.17) is 0 Å². The Morgan fingerprint density at radius 1 is 1.12 bits per heavy atom. The Balaban J connectivity index is 1.88. The first-order valence-electron chi connectivity index (χ1n) is 8.40. The SMILES string of the molecule is Cc1ccc(CNC(=O)NCC(O)c2ccccc2C)c(N(C)C)c1. The lowest BCUT2D eigenvalue weighted by molar-refractivity contribution is 0.172. The number of urea groups is 1. The molecule has 0 heterocycles.